The van der Waals surface area contributed by atoms with Crippen LogP contribution in [0.25, 0.3) is 0 Å². The van der Waals surface area contributed by atoms with Crippen LogP contribution in [0.1, 0.15) is 22.8 Å². The van der Waals surface area contributed by atoms with E-state index in [1.165, 1.54) is 18.2 Å². The largest absolute Gasteiger partial charge is 0.388 e. The summed E-state index contributed by atoms with van der Waals surface area (Å²) in [5, 5.41) is 9.94. The topological polar surface area (TPSA) is 20.2 Å². The van der Waals surface area contributed by atoms with Gasteiger partial charge in [-0.05, 0) is 30.2 Å². The summed E-state index contributed by atoms with van der Waals surface area (Å²) in [5.41, 5.74) is 0.990. The molecule has 0 heterocycles. The molecule has 100 valence electrons. The van der Waals surface area contributed by atoms with Gasteiger partial charge >= 0.3 is 0 Å². The standard InChI is InChI=1S/C15H13F3O/c1-9-2-5-12(14(18)6-9)15(19)7-10-3-4-11(16)8-13(10)17/h2-6,8,15,19H,7H2,1H3. The maximum atomic E-state index is 13.7. The summed E-state index contributed by atoms with van der Waals surface area (Å²) in [6.07, 6.45) is -1.27. The van der Waals surface area contributed by atoms with Crippen molar-refractivity contribution in [2.75, 3.05) is 0 Å². The van der Waals surface area contributed by atoms with E-state index in [4.69, 9.17) is 0 Å². The fourth-order valence-electron chi connectivity index (χ4n) is 1.91. The average molecular weight is 266 g/mol. The highest BCUT2D eigenvalue weighted by Gasteiger charge is 2.15. The smallest absolute Gasteiger partial charge is 0.129 e. The van der Waals surface area contributed by atoms with E-state index in [2.05, 4.69) is 0 Å². The Kier molecular flexibility index (Phi) is 3.90. The van der Waals surface area contributed by atoms with Crippen molar-refractivity contribution in [3.63, 3.8) is 0 Å². The third-order valence-electron chi connectivity index (χ3n) is 2.94. The van der Waals surface area contributed by atoms with Gasteiger partial charge in [0.05, 0.1) is 6.10 Å². The van der Waals surface area contributed by atoms with Gasteiger partial charge in [-0.25, -0.2) is 13.2 Å². The summed E-state index contributed by atoms with van der Waals surface area (Å²) >= 11 is 0. The first-order chi connectivity index (χ1) is 8.97. The first-order valence-electron chi connectivity index (χ1n) is 5.85. The predicted octanol–water partition coefficient (Wildman–Crippen LogP) is 3.69. The van der Waals surface area contributed by atoms with Crippen LogP contribution in [0, 0.1) is 24.4 Å². The van der Waals surface area contributed by atoms with E-state index < -0.39 is 23.6 Å². The summed E-state index contributed by atoms with van der Waals surface area (Å²) in [6.45, 7) is 1.74. The van der Waals surface area contributed by atoms with E-state index in [9.17, 15) is 18.3 Å². The molecule has 2 aromatic rings. The van der Waals surface area contributed by atoms with Crippen molar-refractivity contribution in [1.29, 1.82) is 0 Å². The Morgan fingerprint density at radius 3 is 2.37 bits per heavy atom. The van der Waals surface area contributed by atoms with Crippen molar-refractivity contribution < 1.29 is 18.3 Å². The minimum Gasteiger partial charge on any atom is -0.388 e. The maximum absolute atomic E-state index is 13.7. The molecule has 1 nitrogen and oxygen atoms in total. The number of aliphatic hydroxyl groups is 1. The van der Waals surface area contributed by atoms with E-state index in [-0.39, 0.29) is 17.5 Å². The fourth-order valence-corrected chi connectivity index (χ4v) is 1.91. The summed E-state index contributed by atoms with van der Waals surface area (Å²) in [5.74, 6) is -1.96. The minimum atomic E-state index is -1.17. The Balaban J connectivity index is 2.23. The number of rotatable bonds is 3. The number of hydrogen-bond acceptors (Lipinski definition) is 1. The van der Waals surface area contributed by atoms with Crippen LogP contribution < -0.4 is 0 Å². The summed E-state index contributed by atoms with van der Waals surface area (Å²) in [6, 6.07) is 7.54. The van der Waals surface area contributed by atoms with Crippen LogP contribution in [0.2, 0.25) is 0 Å². The zero-order chi connectivity index (χ0) is 14.0. The van der Waals surface area contributed by atoms with E-state index >= 15 is 0 Å². The highest BCUT2D eigenvalue weighted by Crippen LogP contribution is 2.23. The fraction of sp³-hybridized carbons (Fsp3) is 0.200. The number of benzene rings is 2. The van der Waals surface area contributed by atoms with Crippen LogP contribution in [-0.4, -0.2) is 5.11 Å². The van der Waals surface area contributed by atoms with Crippen molar-refractivity contribution in [1.82, 2.24) is 0 Å². The Hall–Kier alpha value is -1.81. The molecule has 2 aromatic carbocycles. The van der Waals surface area contributed by atoms with Gasteiger partial charge in [0, 0.05) is 18.1 Å². The Bertz CT molecular complexity index is 596. The summed E-state index contributed by atoms with van der Waals surface area (Å²) in [4.78, 5) is 0. The Labute approximate surface area is 109 Å². The number of aryl methyl sites for hydroxylation is 1. The quantitative estimate of drug-likeness (QED) is 0.898. The first-order valence-corrected chi connectivity index (χ1v) is 5.85. The normalized spacial score (nSPS) is 12.5. The molecule has 0 saturated carbocycles. The molecular weight excluding hydrogens is 253 g/mol. The molecule has 0 spiro atoms. The van der Waals surface area contributed by atoms with Gasteiger partial charge in [0.2, 0.25) is 0 Å². The minimum absolute atomic E-state index is 0.105. The first kappa shape index (κ1) is 13.6. The molecule has 0 aliphatic carbocycles. The van der Waals surface area contributed by atoms with Crippen molar-refractivity contribution in [2.45, 2.75) is 19.4 Å². The van der Waals surface area contributed by atoms with E-state index in [0.717, 1.165) is 17.7 Å². The lowest BCUT2D eigenvalue weighted by Crippen LogP contribution is -2.06. The third kappa shape index (κ3) is 3.15. The molecule has 1 N–H and O–H groups in total. The number of halogens is 3. The van der Waals surface area contributed by atoms with E-state index in [1.54, 1.807) is 13.0 Å². The lowest BCUT2D eigenvalue weighted by atomic mass is 9.99. The van der Waals surface area contributed by atoms with Crippen LogP contribution in [0.15, 0.2) is 36.4 Å². The second-order valence-corrected chi connectivity index (χ2v) is 4.48. The lowest BCUT2D eigenvalue weighted by molar-refractivity contribution is 0.172. The molecule has 0 radical (unpaired) electrons. The molecule has 0 bridgehead atoms. The van der Waals surface area contributed by atoms with Crippen LogP contribution in [0.5, 0.6) is 0 Å². The predicted molar refractivity (Wildman–Crippen MR) is 66.2 cm³/mol. The highest BCUT2D eigenvalue weighted by atomic mass is 19.1. The van der Waals surface area contributed by atoms with Gasteiger partial charge in [-0.1, -0.05) is 18.2 Å². The third-order valence-corrected chi connectivity index (χ3v) is 2.94. The Morgan fingerprint density at radius 2 is 1.74 bits per heavy atom. The zero-order valence-corrected chi connectivity index (χ0v) is 10.3. The monoisotopic (exact) mass is 266 g/mol. The van der Waals surface area contributed by atoms with Crippen LogP contribution >= 0.6 is 0 Å². The number of hydrogen-bond donors (Lipinski definition) is 1. The molecule has 19 heavy (non-hydrogen) atoms. The second-order valence-electron chi connectivity index (χ2n) is 4.48. The molecule has 2 rings (SSSR count). The zero-order valence-electron chi connectivity index (χ0n) is 10.3. The van der Waals surface area contributed by atoms with Crippen LogP contribution in [0.3, 0.4) is 0 Å². The Morgan fingerprint density at radius 1 is 1.00 bits per heavy atom. The van der Waals surface area contributed by atoms with Gasteiger partial charge in [0.15, 0.2) is 0 Å². The highest BCUT2D eigenvalue weighted by molar-refractivity contribution is 5.27. The molecule has 0 saturated heterocycles. The van der Waals surface area contributed by atoms with Gasteiger partial charge in [0.1, 0.15) is 17.5 Å². The number of aliphatic hydroxyl groups excluding tert-OH is 1. The SMILES string of the molecule is Cc1ccc(C(O)Cc2ccc(F)cc2F)c(F)c1. The van der Waals surface area contributed by atoms with Gasteiger partial charge < -0.3 is 5.11 Å². The summed E-state index contributed by atoms with van der Waals surface area (Å²) in [7, 11) is 0. The maximum Gasteiger partial charge on any atom is 0.129 e. The molecule has 1 atom stereocenters. The van der Waals surface area contributed by atoms with E-state index in [0.29, 0.717) is 0 Å². The molecule has 0 aromatic heterocycles. The van der Waals surface area contributed by atoms with Crippen molar-refractivity contribution in [3.8, 4) is 0 Å². The molecule has 1 unspecified atom stereocenters. The molecule has 0 aliphatic rings. The van der Waals surface area contributed by atoms with Crippen LogP contribution in [-0.2, 0) is 6.42 Å². The van der Waals surface area contributed by atoms with Gasteiger partial charge in [0.25, 0.3) is 0 Å². The second kappa shape index (κ2) is 5.45. The average Bonchev–Trinajstić information content (AvgIpc) is 2.32. The van der Waals surface area contributed by atoms with Crippen molar-refractivity contribution in [2.24, 2.45) is 0 Å². The van der Waals surface area contributed by atoms with Gasteiger partial charge in [-0.15, -0.1) is 0 Å². The summed E-state index contributed by atoms with van der Waals surface area (Å²) < 4.78 is 39.9. The van der Waals surface area contributed by atoms with E-state index in [1.807, 2.05) is 0 Å². The van der Waals surface area contributed by atoms with Gasteiger partial charge in [-0.2, -0.15) is 0 Å². The van der Waals surface area contributed by atoms with Crippen LogP contribution in [0.4, 0.5) is 13.2 Å². The van der Waals surface area contributed by atoms with Crippen molar-refractivity contribution in [3.05, 3.63) is 70.5 Å². The molecule has 0 fully saturated rings. The molecular formula is C15H13F3O. The van der Waals surface area contributed by atoms with Gasteiger partial charge in [-0.3, -0.25) is 0 Å². The van der Waals surface area contributed by atoms with Crippen molar-refractivity contribution >= 4 is 0 Å². The molecule has 4 heteroatoms. The molecule has 0 aliphatic heterocycles. The lowest BCUT2D eigenvalue weighted by Gasteiger charge is -2.13. The molecule has 0 amide bonds.